The summed E-state index contributed by atoms with van der Waals surface area (Å²) in [5.41, 5.74) is -3.78. The molecule has 3 aromatic rings. The van der Waals surface area contributed by atoms with E-state index >= 15 is 0 Å². The fourth-order valence-corrected chi connectivity index (χ4v) is 3.09. The number of hydrogen-bond donors (Lipinski definition) is 0. The van der Waals surface area contributed by atoms with Crippen molar-refractivity contribution in [1.82, 2.24) is 9.13 Å². The zero-order valence-electron chi connectivity index (χ0n) is 16.4. The van der Waals surface area contributed by atoms with E-state index in [1.165, 1.54) is 19.1 Å². The number of hydrogen-bond acceptors (Lipinski definition) is 6. The number of aromatic nitrogens is 2. The average Bonchev–Trinajstić information content (AvgIpc) is 3.06. The first-order valence-corrected chi connectivity index (χ1v) is 9.28. The molecule has 0 aliphatic carbocycles. The Hall–Kier alpha value is -3.21. The molecule has 0 N–H and O–H groups in total. The molecule has 0 aliphatic heterocycles. The Labute approximate surface area is 177 Å². The molecule has 0 amide bonds. The largest absolute Gasteiger partial charge is 0.477 e. The third-order valence-electron chi connectivity index (χ3n) is 4.38. The highest BCUT2D eigenvalue weighted by Crippen LogP contribution is 2.34. The van der Waals surface area contributed by atoms with Crippen LogP contribution in [-0.4, -0.2) is 27.8 Å². The maximum Gasteiger partial charge on any atom is 0.431 e. The van der Waals surface area contributed by atoms with Gasteiger partial charge in [0.1, 0.15) is 29.0 Å². The predicted molar refractivity (Wildman–Crippen MR) is 104 cm³/mol. The van der Waals surface area contributed by atoms with Gasteiger partial charge in [0.05, 0.1) is 11.6 Å². The van der Waals surface area contributed by atoms with Gasteiger partial charge < -0.3 is 13.9 Å². The molecule has 3 rings (SSSR count). The Balaban J connectivity index is 2.15. The summed E-state index contributed by atoms with van der Waals surface area (Å²) >= 11 is 6.15. The lowest BCUT2D eigenvalue weighted by molar-refractivity contribution is -0.150. The van der Waals surface area contributed by atoms with Crippen LogP contribution in [0.15, 0.2) is 38.5 Å². The minimum Gasteiger partial charge on any atom is -0.477 e. The van der Waals surface area contributed by atoms with Crippen LogP contribution in [0.25, 0.3) is 16.7 Å². The van der Waals surface area contributed by atoms with E-state index in [2.05, 4.69) is 0 Å². The van der Waals surface area contributed by atoms with E-state index in [-0.39, 0.29) is 34.0 Å². The molecule has 1 unspecified atom stereocenters. The Morgan fingerprint density at radius 2 is 1.94 bits per heavy atom. The Kier molecular flexibility index (Phi) is 5.90. The topological polar surface area (TPSA) is 92.7 Å². The SMILES string of the molecule is CCOC(=O)C(C)Oc1cc2c(-n3c(=O)cc(C(F)(F)F)n(C)c3=O)coc2cc1Cl. The van der Waals surface area contributed by atoms with Gasteiger partial charge in [-0.3, -0.25) is 9.36 Å². The van der Waals surface area contributed by atoms with Crippen LogP contribution in [0.2, 0.25) is 5.02 Å². The van der Waals surface area contributed by atoms with Crippen molar-refractivity contribution in [3.05, 3.63) is 56.0 Å². The summed E-state index contributed by atoms with van der Waals surface area (Å²) in [5.74, 6) is -0.618. The predicted octanol–water partition coefficient (Wildman–Crippen LogP) is 3.29. The Morgan fingerprint density at radius 1 is 1.26 bits per heavy atom. The van der Waals surface area contributed by atoms with Crippen molar-refractivity contribution in [1.29, 1.82) is 0 Å². The Morgan fingerprint density at radius 3 is 2.55 bits per heavy atom. The van der Waals surface area contributed by atoms with Crippen molar-refractivity contribution in [2.45, 2.75) is 26.1 Å². The molecule has 0 spiro atoms. The lowest BCUT2D eigenvalue weighted by atomic mass is 10.2. The lowest BCUT2D eigenvalue weighted by Crippen LogP contribution is -2.40. The van der Waals surface area contributed by atoms with E-state index in [1.807, 2.05) is 0 Å². The van der Waals surface area contributed by atoms with Crippen molar-refractivity contribution in [2.24, 2.45) is 7.05 Å². The molecule has 0 radical (unpaired) electrons. The van der Waals surface area contributed by atoms with Crippen LogP contribution in [-0.2, 0) is 22.8 Å². The summed E-state index contributed by atoms with van der Waals surface area (Å²) in [6, 6.07) is 2.96. The van der Waals surface area contributed by atoms with Gasteiger partial charge in [0, 0.05) is 24.6 Å². The van der Waals surface area contributed by atoms with Crippen molar-refractivity contribution in [3.8, 4) is 11.4 Å². The van der Waals surface area contributed by atoms with Gasteiger partial charge in [0.15, 0.2) is 6.10 Å². The van der Waals surface area contributed by atoms with Gasteiger partial charge in [-0.1, -0.05) is 11.6 Å². The molecule has 0 saturated carbocycles. The van der Waals surface area contributed by atoms with Gasteiger partial charge in [-0.15, -0.1) is 0 Å². The van der Waals surface area contributed by atoms with Gasteiger partial charge >= 0.3 is 17.8 Å². The number of carbonyl (C=O) groups excluding carboxylic acids is 1. The van der Waals surface area contributed by atoms with E-state index < -0.39 is 35.2 Å². The van der Waals surface area contributed by atoms with E-state index in [0.717, 1.165) is 13.3 Å². The van der Waals surface area contributed by atoms with E-state index in [4.69, 9.17) is 25.5 Å². The molecule has 0 saturated heterocycles. The first-order valence-electron chi connectivity index (χ1n) is 8.90. The molecule has 166 valence electrons. The third-order valence-corrected chi connectivity index (χ3v) is 4.68. The molecule has 0 aliphatic rings. The zero-order valence-corrected chi connectivity index (χ0v) is 17.2. The number of nitrogens with zero attached hydrogens (tertiary/aromatic N) is 2. The number of ether oxygens (including phenoxy) is 2. The number of carbonyl (C=O) groups is 1. The summed E-state index contributed by atoms with van der Waals surface area (Å²) in [5, 5.41) is 0.228. The molecule has 8 nitrogen and oxygen atoms in total. The van der Waals surface area contributed by atoms with E-state index in [9.17, 15) is 27.6 Å². The summed E-state index contributed by atoms with van der Waals surface area (Å²) in [4.78, 5) is 36.7. The van der Waals surface area contributed by atoms with Crippen LogP contribution in [0.5, 0.6) is 5.75 Å². The van der Waals surface area contributed by atoms with Crippen molar-refractivity contribution in [2.75, 3.05) is 6.61 Å². The van der Waals surface area contributed by atoms with Crippen LogP contribution in [0.3, 0.4) is 0 Å². The molecular formula is C19H16ClF3N2O6. The highest BCUT2D eigenvalue weighted by Gasteiger charge is 2.35. The third kappa shape index (κ3) is 4.18. The monoisotopic (exact) mass is 460 g/mol. The molecule has 1 aromatic carbocycles. The maximum atomic E-state index is 13.1. The fourth-order valence-electron chi connectivity index (χ4n) is 2.90. The van der Waals surface area contributed by atoms with Gasteiger partial charge in [0.25, 0.3) is 5.56 Å². The number of esters is 1. The van der Waals surface area contributed by atoms with E-state index in [0.29, 0.717) is 15.2 Å². The molecule has 2 aromatic heterocycles. The normalized spacial score (nSPS) is 12.7. The first-order chi connectivity index (χ1) is 14.5. The number of rotatable bonds is 5. The number of fused-ring (bicyclic) bond motifs is 1. The fraction of sp³-hybridized carbons (Fsp3) is 0.316. The van der Waals surface area contributed by atoms with Crippen LogP contribution >= 0.6 is 11.6 Å². The molecule has 12 heteroatoms. The Bertz CT molecular complexity index is 1270. The van der Waals surface area contributed by atoms with Gasteiger partial charge in [-0.25, -0.2) is 14.2 Å². The highest BCUT2D eigenvalue weighted by molar-refractivity contribution is 6.32. The second-order valence-corrected chi connectivity index (χ2v) is 6.86. The molecule has 0 bridgehead atoms. The number of alkyl halides is 3. The summed E-state index contributed by atoms with van der Waals surface area (Å²) in [6.45, 7) is 3.21. The highest BCUT2D eigenvalue weighted by atomic mass is 35.5. The van der Waals surface area contributed by atoms with Gasteiger partial charge in [-0.2, -0.15) is 13.2 Å². The number of benzene rings is 1. The summed E-state index contributed by atoms with van der Waals surface area (Å²) in [6.07, 6.45) is -4.87. The average molecular weight is 461 g/mol. The first kappa shape index (κ1) is 22.5. The number of halogens is 4. The van der Waals surface area contributed by atoms with Crippen LogP contribution in [0.4, 0.5) is 13.2 Å². The van der Waals surface area contributed by atoms with Gasteiger partial charge in [0.2, 0.25) is 0 Å². The van der Waals surface area contributed by atoms with Crippen LogP contribution < -0.4 is 16.0 Å². The van der Waals surface area contributed by atoms with E-state index in [1.54, 1.807) is 6.92 Å². The van der Waals surface area contributed by atoms with Crippen molar-refractivity contribution < 1.29 is 31.9 Å². The minimum atomic E-state index is -4.89. The molecule has 2 heterocycles. The molecule has 0 fully saturated rings. The quantitative estimate of drug-likeness (QED) is 0.542. The second-order valence-electron chi connectivity index (χ2n) is 6.45. The van der Waals surface area contributed by atoms with Crippen LogP contribution in [0.1, 0.15) is 19.5 Å². The maximum absolute atomic E-state index is 13.1. The summed E-state index contributed by atoms with van der Waals surface area (Å²) < 4.78 is 55.8. The zero-order chi connectivity index (χ0) is 23.1. The van der Waals surface area contributed by atoms with Crippen molar-refractivity contribution >= 4 is 28.5 Å². The molecule has 1 atom stereocenters. The summed E-state index contributed by atoms with van der Waals surface area (Å²) in [7, 11) is 0.899. The minimum absolute atomic E-state index is 0.0224. The number of furan rings is 1. The smallest absolute Gasteiger partial charge is 0.431 e. The standard InChI is InChI=1S/C19H16ClF3N2O6/c1-4-29-17(27)9(2)31-14-5-10-12(8-30-13(10)6-11(14)20)25-16(26)7-15(19(21,22)23)24(3)18(25)28/h5-9H,4H2,1-3H3. The van der Waals surface area contributed by atoms with Crippen LogP contribution in [0, 0.1) is 0 Å². The lowest BCUT2D eigenvalue weighted by Gasteiger charge is -2.15. The molecule has 31 heavy (non-hydrogen) atoms. The van der Waals surface area contributed by atoms with Gasteiger partial charge in [-0.05, 0) is 19.9 Å². The second kappa shape index (κ2) is 8.14. The van der Waals surface area contributed by atoms with Crippen molar-refractivity contribution in [3.63, 3.8) is 0 Å². The molecular weight excluding hydrogens is 445 g/mol.